The Morgan fingerprint density at radius 1 is 1.00 bits per heavy atom. The lowest BCUT2D eigenvalue weighted by molar-refractivity contribution is 0.500. The molecule has 0 bridgehead atoms. The van der Waals surface area contributed by atoms with Crippen LogP contribution in [0.25, 0.3) is 0 Å². The zero-order valence-electron chi connectivity index (χ0n) is 11.4. The van der Waals surface area contributed by atoms with Gasteiger partial charge in [0.1, 0.15) is 6.04 Å². The molecule has 0 radical (unpaired) electrons. The molecule has 0 saturated heterocycles. The number of rotatable bonds is 1. The summed E-state index contributed by atoms with van der Waals surface area (Å²) in [6.07, 6.45) is 0. The molecule has 0 N–H and O–H groups in total. The molecule has 0 spiro atoms. The average molecular weight is 250 g/mol. The maximum absolute atomic E-state index is 4.91. The molecule has 96 valence electrons. The fourth-order valence-corrected chi connectivity index (χ4v) is 2.56. The van der Waals surface area contributed by atoms with E-state index in [2.05, 4.69) is 73.5 Å². The van der Waals surface area contributed by atoms with Gasteiger partial charge in [-0.05, 0) is 23.6 Å². The molecule has 1 aliphatic heterocycles. The summed E-state index contributed by atoms with van der Waals surface area (Å²) in [4.78, 5) is 7.12. The molecule has 0 aliphatic carbocycles. The number of amidine groups is 1. The van der Waals surface area contributed by atoms with Gasteiger partial charge in [-0.2, -0.15) is 0 Å². The van der Waals surface area contributed by atoms with Crippen molar-refractivity contribution in [1.82, 2.24) is 4.90 Å². The van der Waals surface area contributed by atoms with Gasteiger partial charge in [-0.3, -0.25) is 4.99 Å². The first-order valence-electron chi connectivity index (χ1n) is 6.64. The van der Waals surface area contributed by atoms with Crippen LogP contribution in [0.4, 0.5) is 0 Å². The van der Waals surface area contributed by atoms with Crippen molar-refractivity contribution < 1.29 is 0 Å². The number of benzene rings is 2. The zero-order valence-corrected chi connectivity index (χ0v) is 11.4. The molecule has 3 rings (SSSR count). The monoisotopic (exact) mass is 250 g/mol. The molecule has 1 heterocycles. The Morgan fingerprint density at radius 3 is 2.47 bits per heavy atom. The van der Waals surface area contributed by atoms with Gasteiger partial charge in [0.25, 0.3) is 0 Å². The first-order valence-corrected chi connectivity index (χ1v) is 6.64. The minimum absolute atomic E-state index is 0.113. The maximum Gasteiger partial charge on any atom is 0.102 e. The van der Waals surface area contributed by atoms with Crippen molar-refractivity contribution in [2.75, 3.05) is 7.05 Å². The van der Waals surface area contributed by atoms with Crippen LogP contribution in [-0.2, 0) is 6.54 Å². The summed E-state index contributed by atoms with van der Waals surface area (Å²) in [5.41, 5.74) is 3.93. The standard InChI is InChI=1S/C17H18N2/c1-13-18-17(14-8-4-3-5-9-14)16-11-7-6-10-15(16)12-19(13)2/h3-11,17H,12H2,1-2H3/t17-/m0/s1. The largest absolute Gasteiger partial charge is 0.359 e. The fourth-order valence-electron chi connectivity index (χ4n) is 2.56. The number of fused-ring (bicyclic) bond motifs is 1. The average Bonchev–Trinajstić information content (AvgIpc) is 2.58. The van der Waals surface area contributed by atoms with Crippen molar-refractivity contribution in [2.45, 2.75) is 19.5 Å². The second kappa shape index (κ2) is 4.88. The predicted octanol–water partition coefficient (Wildman–Crippen LogP) is 3.64. The van der Waals surface area contributed by atoms with Gasteiger partial charge in [0.2, 0.25) is 0 Å². The molecule has 2 nitrogen and oxygen atoms in total. The highest BCUT2D eigenvalue weighted by Crippen LogP contribution is 2.31. The lowest BCUT2D eigenvalue weighted by atomic mass is 9.95. The second-order valence-corrected chi connectivity index (χ2v) is 5.04. The summed E-state index contributed by atoms with van der Waals surface area (Å²) < 4.78 is 0. The third-order valence-electron chi connectivity index (χ3n) is 3.74. The number of hydrogen-bond donors (Lipinski definition) is 0. The maximum atomic E-state index is 4.91. The molecule has 0 aromatic heterocycles. The summed E-state index contributed by atoms with van der Waals surface area (Å²) in [5.74, 6) is 1.09. The first kappa shape index (κ1) is 12.0. The molecule has 1 atom stereocenters. The third kappa shape index (κ3) is 2.26. The molecule has 1 aliphatic rings. The second-order valence-electron chi connectivity index (χ2n) is 5.04. The molecule has 2 aromatic rings. The Bertz CT molecular complexity index is 602. The van der Waals surface area contributed by atoms with Gasteiger partial charge in [-0.1, -0.05) is 54.6 Å². The summed E-state index contributed by atoms with van der Waals surface area (Å²) in [5, 5.41) is 0. The van der Waals surface area contributed by atoms with Crippen molar-refractivity contribution in [2.24, 2.45) is 4.99 Å². The molecule has 0 saturated carbocycles. The molecular weight excluding hydrogens is 232 g/mol. The third-order valence-corrected chi connectivity index (χ3v) is 3.74. The summed E-state index contributed by atoms with van der Waals surface area (Å²) in [6.45, 7) is 3.01. The Morgan fingerprint density at radius 2 is 1.68 bits per heavy atom. The normalized spacial score (nSPS) is 18.5. The van der Waals surface area contributed by atoms with Crippen LogP contribution in [0.5, 0.6) is 0 Å². The number of hydrogen-bond acceptors (Lipinski definition) is 2. The molecular formula is C17H18N2. The van der Waals surface area contributed by atoms with E-state index in [1.165, 1.54) is 16.7 Å². The van der Waals surface area contributed by atoms with Gasteiger partial charge in [-0.25, -0.2) is 0 Å². The van der Waals surface area contributed by atoms with Crippen LogP contribution in [0, 0.1) is 0 Å². The van der Waals surface area contributed by atoms with E-state index < -0.39 is 0 Å². The van der Waals surface area contributed by atoms with Crippen molar-refractivity contribution in [3.8, 4) is 0 Å². The van der Waals surface area contributed by atoms with E-state index in [0.717, 1.165) is 12.4 Å². The van der Waals surface area contributed by atoms with Crippen LogP contribution >= 0.6 is 0 Å². The fraction of sp³-hybridized carbons (Fsp3) is 0.235. The van der Waals surface area contributed by atoms with E-state index in [1.807, 2.05) is 0 Å². The number of nitrogens with zero attached hydrogens (tertiary/aromatic N) is 2. The minimum atomic E-state index is 0.113. The highest BCUT2D eigenvalue weighted by Gasteiger charge is 2.21. The van der Waals surface area contributed by atoms with Crippen molar-refractivity contribution in [3.05, 3.63) is 71.3 Å². The highest BCUT2D eigenvalue weighted by atomic mass is 15.2. The van der Waals surface area contributed by atoms with Crippen molar-refractivity contribution in [1.29, 1.82) is 0 Å². The molecule has 0 fully saturated rings. The smallest absolute Gasteiger partial charge is 0.102 e. The van der Waals surface area contributed by atoms with Crippen LogP contribution in [0.15, 0.2) is 59.6 Å². The summed E-state index contributed by atoms with van der Waals surface area (Å²) in [6, 6.07) is 19.2. The van der Waals surface area contributed by atoms with E-state index in [4.69, 9.17) is 4.99 Å². The molecule has 2 heteroatoms. The minimum Gasteiger partial charge on any atom is -0.359 e. The van der Waals surface area contributed by atoms with E-state index in [-0.39, 0.29) is 6.04 Å². The van der Waals surface area contributed by atoms with Gasteiger partial charge < -0.3 is 4.90 Å². The molecule has 19 heavy (non-hydrogen) atoms. The zero-order chi connectivity index (χ0) is 13.2. The van der Waals surface area contributed by atoms with Gasteiger partial charge in [0, 0.05) is 13.6 Å². The van der Waals surface area contributed by atoms with E-state index in [1.54, 1.807) is 0 Å². The van der Waals surface area contributed by atoms with Gasteiger partial charge in [-0.15, -0.1) is 0 Å². The van der Waals surface area contributed by atoms with E-state index in [0.29, 0.717) is 0 Å². The SMILES string of the molecule is CC1=N[C@@H](c2ccccc2)c2ccccc2CN1C. The first-order chi connectivity index (χ1) is 9.25. The predicted molar refractivity (Wildman–Crippen MR) is 79.3 cm³/mol. The van der Waals surface area contributed by atoms with Crippen LogP contribution in [0.2, 0.25) is 0 Å². The van der Waals surface area contributed by atoms with Gasteiger partial charge >= 0.3 is 0 Å². The molecule has 0 amide bonds. The molecule has 0 unspecified atom stereocenters. The van der Waals surface area contributed by atoms with E-state index >= 15 is 0 Å². The van der Waals surface area contributed by atoms with Gasteiger partial charge in [0.05, 0.1) is 5.84 Å². The Balaban J connectivity index is 2.16. The van der Waals surface area contributed by atoms with Crippen LogP contribution in [0.3, 0.4) is 0 Å². The van der Waals surface area contributed by atoms with Crippen LogP contribution < -0.4 is 0 Å². The lowest BCUT2D eigenvalue weighted by Gasteiger charge is -2.16. The number of aliphatic imine (C=N–C) groups is 1. The summed E-state index contributed by atoms with van der Waals surface area (Å²) >= 11 is 0. The lowest BCUT2D eigenvalue weighted by Crippen LogP contribution is -2.22. The van der Waals surface area contributed by atoms with E-state index in [9.17, 15) is 0 Å². The Labute approximate surface area is 114 Å². The van der Waals surface area contributed by atoms with Crippen LogP contribution in [0.1, 0.15) is 29.7 Å². The van der Waals surface area contributed by atoms with Crippen LogP contribution in [-0.4, -0.2) is 17.8 Å². The summed E-state index contributed by atoms with van der Waals surface area (Å²) in [7, 11) is 2.10. The van der Waals surface area contributed by atoms with Crippen molar-refractivity contribution in [3.63, 3.8) is 0 Å². The Kier molecular flexibility index (Phi) is 3.08. The van der Waals surface area contributed by atoms with Gasteiger partial charge in [0.15, 0.2) is 0 Å². The van der Waals surface area contributed by atoms with Crippen molar-refractivity contribution >= 4 is 5.84 Å². The highest BCUT2D eigenvalue weighted by molar-refractivity contribution is 5.80. The topological polar surface area (TPSA) is 15.6 Å². The Hall–Kier alpha value is -2.09. The molecule has 2 aromatic carbocycles. The quantitative estimate of drug-likeness (QED) is 0.754.